The molecule has 0 aliphatic rings. The summed E-state index contributed by atoms with van der Waals surface area (Å²) in [6.45, 7) is 1.53. The number of halogens is 1. The first kappa shape index (κ1) is 9.67. The van der Waals surface area contributed by atoms with Crippen LogP contribution in [-0.2, 0) is 0 Å². The lowest BCUT2D eigenvalue weighted by Crippen LogP contribution is -1.94. The van der Waals surface area contributed by atoms with Crippen LogP contribution in [0.15, 0.2) is 16.6 Å². The molecular weight excluding hydrogens is 194 g/mol. The highest BCUT2D eigenvalue weighted by Crippen LogP contribution is 2.32. The highest BCUT2D eigenvalue weighted by atomic mass is 35.5. The minimum atomic E-state index is -0.264. The molecule has 1 aromatic rings. The van der Waals surface area contributed by atoms with Crippen LogP contribution in [0.3, 0.4) is 0 Å². The van der Waals surface area contributed by atoms with Crippen molar-refractivity contribution in [2.45, 2.75) is 6.92 Å². The Kier molecular flexibility index (Phi) is 2.63. The summed E-state index contributed by atoms with van der Waals surface area (Å²) in [7, 11) is 0. The van der Waals surface area contributed by atoms with Gasteiger partial charge in [0, 0.05) is 23.9 Å². The van der Waals surface area contributed by atoms with E-state index < -0.39 is 0 Å². The Balaban J connectivity index is 3.37. The zero-order valence-corrected chi connectivity index (χ0v) is 7.58. The third kappa shape index (κ3) is 1.84. The van der Waals surface area contributed by atoms with E-state index in [1.807, 2.05) is 0 Å². The molecule has 1 rings (SSSR count). The van der Waals surface area contributed by atoms with Gasteiger partial charge in [-0.3, -0.25) is 0 Å². The summed E-state index contributed by atoms with van der Waals surface area (Å²) in [5, 5.41) is 27.6. The van der Waals surface area contributed by atoms with Crippen LogP contribution in [-0.4, -0.2) is 21.0 Å². The molecule has 0 aliphatic carbocycles. The molecule has 0 spiro atoms. The summed E-state index contributed by atoms with van der Waals surface area (Å²) >= 11 is 5.17. The van der Waals surface area contributed by atoms with E-state index in [-0.39, 0.29) is 28.5 Å². The van der Waals surface area contributed by atoms with Gasteiger partial charge in [-0.25, -0.2) is 0 Å². The van der Waals surface area contributed by atoms with Gasteiger partial charge >= 0.3 is 0 Å². The zero-order valence-electron chi connectivity index (χ0n) is 6.82. The molecule has 13 heavy (non-hydrogen) atoms. The van der Waals surface area contributed by atoms with E-state index in [0.717, 1.165) is 12.1 Å². The van der Waals surface area contributed by atoms with Crippen LogP contribution in [0.4, 0.5) is 0 Å². The SMILES string of the molecule is CC(=NCl)c1c(O)cc(O)cc1O. The number of hydrogen-bond acceptors (Lipinski definition) is 4. The molecule has 0 unspecified atom stereocenters. The largest absolute Gasteiger partial charge is 0.508 e. The Morgan fingerprint density at radius 1 is 1.23 bits per heavy atom. The molecule has 0 atom stereocenters. The van der Waals surface area contributed by atoms with Gasteiger partial charge in [0.1, 0.15) is 17.2 Å². The fourth-order valence-corrected chi connectivity index (χ4v) is 1.09. The van der Waals surface area contributed by atoms with Crippen LogP contribution >= 0.6 is 11.8 Å². The smallest absolute Gasteiger partial charge is 0.132 e. The van der Waals surface area contributed by atoms with E-state index >= 15 is 0 Å². The van der Waals surface area contributed by atoms with Crippen molar-refractivity contribution in [3.8, 4) is 17.2 Å². The van der Waals surface area contributed by atoms with E-state index in [2.05, 4.69) is 4.51 Å². The molecular formula is C8H8ClNO3. The number of rotatable bonds is 1. The van der Waals surface area contributed by atoms with E-state index in [4.69, 9.17) is 16.9 Å². The van der Waals surface area contributed by atoms with Crippen LogP contribution in [0.1, 0.15) is 12.5 Å². The Labute approximate surface area is 79.9 Å². The van der Waals surface area contributed by atoms with Crippen molar-refractivity contribution in [3.63, 3.8) is 0 Å². The quantitative estimate of drug-likeness (QED) is 0.607. The van der Waals surface area contributed by atoms with Crippen molar-refractivity contribution in [2.24, 2.45) is 4.51 Å². The molecule has 0 aromatic heterocycles. The lowest BCUT2D eigenvalue weighted by atomic mass is 10.1. The van der Waals surface area contributed by atoms with Crippen molar-refractivity contribution in [2.75, 3.05) is 0 Å². The van der Waals surface area contributed by atoms with Crippen LogP contribution in [0.2, 0.25) is 0 Å². The molecule has 5 heteroatoms. The number of benzene rings is 1. The number of nitrogens with zero attached hydrogens (tertiary/aromatic N) is 1. The van der Waals surface area contributed by atoms with E-state index in [1.165, 1.54) is 6.92 Å². The summed E-state index contributed by atoms with van der Waals surface area (Å²) in [5.74, 6) is -0.750. The van der Waals surface area contributed by atoms with Crippen molar-refractivity contribution in [1.82, 2.24) is 0 Å². The predicted octanol–water partition coefficient (Wildman–Crippen LogP) is 1.77. The average molecular weight is 202 g/mol. The highest BCUT2D eigenvalue weighted by molar-refractivity contribution is 6.23. The fourth-order valence-electron chi connectivity index (χ4n) is 1.01. The second-order valence-corrected chi connectivity index (χ2v) is 2.70. The maximum Gasteiger partial charge on any atom is 0.132 e. The summed E-state index contributed by atoms with van der Waals surface area (Å²) in [6.07, 6.45) is 0. The molecule has 70 valence electrons. The first-order chi connectivity index (χ1) is 6.06. The van der Waals surface area contributed by atoms with Crippen LogP contribution in [0.5, 0.6) is 17.2 Å². The van der Waals surface area contributed by atoms with Gasteiger partial charge in [-0.05, 0) is 6.92 Å². The average Bonchev–Trinajstić information content (AvgIpc) is 2.02. The van der Waals surface area contributed by atoms with Crippen molar-refractivity contribution in [1.29, 1.82) is 0 Å². The molecule has 0 saturated heterocycles. The molecule has 0 aliphatic heterocycles. The predicted molar refractivity (Wildman–Crippen MR) is 49.5 cm³/mol. The summed E-state index contributed by atoms with van der Waals surface area (Å²) in [4.78, 5) is 0. The molecule has 0 amide bonds. The second kappa shape index (κ2) is 3.53. The Morgan fingerprint density at radius 2 is 1.69 bits per heavy atom. The van der Waals surface area contributed by atoms with Gasteiger partial charge in [0.2, 0.25) is 0 Å². The number of phenolic OH excluding ortho intramolecular Hbond substituents is 3. The maximum absolute atomic E-state index is 9.31. The lowest BCUT2D eigenvalue weighted by Gasteiger charge is -2.05. The zero-order chi connectivity index (χ0) is 10.0. The number of phenols is 3. The van der Waals surface area contributed by atoms with E-state index in [1.54, 1.807) is 0 Å². The molecule has 4 nitrogen and oxygen atoms in total. The number of hydrogen-bond donors (Lipinski definition) is 3. The second-order valence-electron chi connectivity index (χ2n) is 2.53. The Morgan fingerprint density at radius 3 is 2.08 bits per heavy atom. The van der Waals surface area contributed by atoms with Crippen molar-refractivity contribution >= 4 is 17.5 Å². The minimum absolute atomic E-state index is 0.118. The summed E-state index contributed by atoms with van der Waals surface area (Å²) in [5.41, 5.74) is 0.393. The van der Waals surface area contributed by atoms with Gasteiger partial charge in [0.15, 0.2) is 0 Å². The fraction of sp³-hybridized carbons (Fsp3) is 0.125. The first-order valence-electron chi connectivity index (χ1n) is 3.47. The van der Waals surface area contributed by atoms with Crippen molar-refractivity contribution < 1.29 is 15.3 Å². The molecule has 0 heterocycles. The van der Waals surface area contributed by atoms with Gasteiger partial charge in [-0.1, -0.05) is 0 Å². The van der Waals surface area contributed by atoms with Gasteiger partial charge < -0.3 is 15.3 Å². The van der Waals surface area contributed by atoms with Crippen LogP contribution in [0.25, 0.3) is 0 Å². The monoisotopic (exact) mass is 201 g/mol. The molecule has 0 fully saturated rings. The topological polar surface area (TPSA) is 73.1 Å². The van der Waals surface area contributed by atoms with E-state index in [9.17, 15) is 10.2 Å². The van der Waals surface area contributed by atoms with Gasteiger partial charge in [-0.15, -0.1) is 0 Å². The molecule has 0 bridgehead atoms. The Bertz CT molecular complexity index is 339. The molecule has 3 N–H and O–H groups in total. The number of aromatic hydroxyl groups is 3. The van der Waals surface area contributed by atoms with Crippen LogP contribution in [0, 0.1) is 0 Å². The third-order valence-electron chi connectivity index (χ3n) is 1.57. The van der Waals surface area contributed by atoms with Gasteiger partial charge in [0.25, 0.3) is 0 Å². The summed E-state index contributed by atoms with van der Waals surface area (Å²) < 4.78 is 3.30. The van der Waals surface area contributed by atoms with Crippen molar-refractivity contribution in [3.05, 3.63) is 17.7 Å². The summed E-state index contributed by atoms with van der Waals surface area (Å²) in [6, 6.07) is 2.20. The maximum atomic E-state index is 9.31. The Hall–Kier alpha value is -1.42. The lowest BCUT2D eigenvalue weighted by molar-refractivity contribution is 0.426. The van der Waals surface area contributed by atoms with Gasteiger partial charge in [-0.2, -0.15) is 4.51 Å². The minimum Gasteiger partial charge on any atom is -0.508 e. The third-order valence-corrected chi connectivity index (χ3v) is 1.82. The molecule has 0 saturated carbocycles. The molecule has 0 radical (unpaired) electrons. The van der Waals surface area contributed by atoms with E-state index in [0.29, 0.717) is 0 Å². The highest BCUT2D eigenvalue weighted by Gasteiger charge is 2.12. The standard InChI is InChI=1S/C8H8ClNO3/c1-4(10-9)8-6(12)2-5(11)3-7(8)13/h2-3,11-13H,1H3. The van der Waals surface area contributed by atoms with Crippen LogP contribution < -0.4 is 0 Å². The molecule has 1 aromatic carbocycles. The van der Waals surface area contributed by atoms with Gasteiger partial charge in [0.05, 0.1) is 11.3 Å². The first-order valence-corrected chi connectivity index (χ1v) is 3.81. The normalized spacial score (nSPS) is 11.7.